The Morgan fingerprint density at radius 2 is 1.53 bits per heavy atom. The molecule has 1 atom stereocenters. The molecule has 1 amide bonds. The van der Waals surface area contributed by atoms with E-state index in [1.54, 1.807) is 0 Å². The molecule has 0 aromatic heterocycles. The molecule has 19 heavy (non-hydrogen) atoms. The lowest BCUT2D eigenvalue weighted by Crippen LogP contribution is -2.33. The molecule has 114 valence electrons. The molecular formula is C14H29NO3S. The van der Waals surface area contributed by atoms with E-state index in [-0.39, 0.29) is 19.1 Å². The number of aliphatic hydroxyl groups is 2. The molecule has 0 fully saturated rings. The van der Waals surface area contributed by atoms with Gasteiger partial charge in [0.1, 0.15) is 0 Å². The molecule has 0 saturated carbocycles. The van der Waals surface area contributed by atoms with E-state index in [1.807, 2.05) is 0 Å². The van der Waals surface area contributed by atoms with Gasteiger partial charge in [-0.2, -0.15) is 12.6 Å². The van der Waals surface area contributed by atoms with E-state index < -0.39 is 6.10 Å². The van der Waals surface area contributed by atoms with Crippen molar-refractivity contribution in [2.24, 2.45) is 0 Å². The van der Waals surface area contributed by atoms with E-state index in [4.69, 9.17) is 10.2 Å². The first-order valence-corrected chi connectivity index (χ1v) is 8.00. The smallest absolute Gasteiger partial charge is 0.220 e. The van der Waals surface area contributed by atoms with Crippen LogP contribution in [0.1, 0.15) is 57.8 Å². The number of hydrogen-bond donors (Lipinski definition) is 4. The van der Waals surface area contributed by atoms with Crippen molar-refractivity contribution in [3.8, 4) is 0 Å². The Labute approximate surface area is 122 Å². The van der Waals surface area contributed by atoms with Gasteiger partial charge < -0.3 is 15.5 Å². The van der Waals surface area contributed by atoms with Gasteiger partial charge in [0.25, 0.3) is 0 Å². The first kappa shape index (κ1) is 18.7. The third-order valence-electron chi connectivity index (χ3n) is 3.06. The van der Waals surface area contributed by atoms with Crippen LogP contribution in [0.15, 0.2) is 0 Å². The number of carbonyl (C=O) groups is 1. The molecule has 0 aromatic carbocycles. The lowest BCUT2D eigenvalue weighted by atomic mass is 10.1. The average molecular weight is 291 g/mol. The molecule has 0 spiro atoms. The second-order valence-corrected chi connectivity index (χ2v) is 5.39. The highest BCUT2D eigenvalue weighted by atomic mass is 32.1. The number of nitrogens with one attached hydrogen (secondary N) is 1. The topological polar surface area (TPSA) is 69.6 Å². The van der Waals surface area contributed by atoms with Crippen LogP contribution in [0.25, 0.3) is 0 Å². The average Bonchev–Trinajstić information content (AvgIpc) is 2.42. The Kier molecular flexibility index (Phi) is 14.0. The minimum absolute atomic E-state index is 0.0405. The summed E-state index contributed by atoms with van der Waals surface area (Å²) in [5, 5.41) is 20.3. The summed E-state index contributed by atoms with van der Waals surface area (Å²) in [7, 11) is 0. The highest BCUT2D eigenvalue weighted by molar-refractivity contribution is 7.80. The number of amides is 1. The second kappa shape index (κ2) is 14.2. The van der Waals surface area contributed by atoms with Crippen LogP contribution in [0.2, 0.25) is 0 Å². The van der Waals surface area contributed by atoms with Gasteiger partial charge in [-0.15, -0.1) is 0 Å². The largest absolute Gasteiger partial charge is 0.394 e. The first-order valence-electron chi connectivity index (χ1n) is 7.37. The summed E-state index contributed by atoms with van der Waals surface area (Å²) in [6, 6.07) is 0. The molecule has 0 aromatic rings. The summed E-state index contributed by atoms with van der Waals surface area (Å²) in [5.41, 5.74) is 0. The van der Waals surface area contributed by atoms with Crippen LogP contribution in [-0.2, 0) is 4.79 Å². The predicted octanol–water partition coefficient (Wildman–Crippen LogP) is 1.90. The summed E-state index contributed by atoms with van der Waals surface area (Å²) in [6.07, 6.45) is 9.15. The van der Waals surface area contributed by atoms with Crippen LogP contribution in [0.3, 0.4) is 0 Å². The van der Waals surface area contributed by atoms with Crippen LogP contribution in [0.5, 0.6) is 0 Å². The fourth-order valence-electron chi connectivity index (χ4n) is 1.84. The molecule has 0 aliphatic rings. The van der Waals surface area contributed by atoms with Crippen LogP contribution in [-0.4, -0.2) is 41.1 Å². The zero-order valence-electron chi connectivity index (χ0n) is 11.8. The molecular weight excluding hydrogens is 262 g/mol. The summed E-state index contributed by atoms with van der Waals surface area (Å²) in [5.74, 6) is 0.946. The van der Waals surface area contributed by atoms with E-state index in [2.05, 4.69) is 17.9 Å². The molecule has 5 heteroatoms. The summed E-state index contributed by atoms with van der Waals surface area (Å²) in [6.45, 7) is -0.173. The lowest BCUT2D eigenvalue weighted by molar-refractivity contribution is -0.121. The van der Waals surface area contributed by atoms with Gasteiger partial charge in [0.2, 0.25) is 5.91 Å². The molecule has 0 rings (SSSR count). The number of rotatable bonds is 13. The van der Waals surface area contributed by atoms with Gasteiger partial charge in [0.05, 0.1) is 12.7 Å². The molecule has 0 heterocycles. The molecule has 1 unspecified atom stereocenters. The third kappa shape index (κ3) is 14.0. The van der Waals surface area contributed by atoms with E-state index in [0.717, 1.165) is 18.6 Å². The summed E-state index contributed by atoms with van der Waals surface area (Å²) < 4.78 is 0. The van der Waals surface area contributed by atoms with E-state index >= 15 is 0 Å². The van der Waals surface area contributed by atoms with E-state index in [9.17, 15) is 4.79 Å². The molecule has 0 aliphatic heterocycles. The summed E-state index contributed by atoms with van der Waals surface area (Å²) in [4.78, 5) is 11.4. The van der Waals surface area contributed by atoms with Gasteiger partial charge in [-0.1, -0.05) is 38.5 Å². The van der Waals surface area contributed by atoms with E-state index in [0.29, 0.717) is 6.42 Å². The minimum Gasteiger partial charge on any atom is -0.394 e. The Bertz CT molecular complexity index is 215. The van der Waals surface area contributed by atoms with Crippen LogP contribution < -0.4 is 5.32 Å². The minimum atomic E-state index is -0.846. The van der Waals surface area contributed by atoms with Gasteiger partial charge in [-0.05, 0) is 18.6 Å². The quantitative estimate of drug-likeness (QED) is 0.309. The van der Waals surface area contributed by atoms with E-state index in [1.165, 1.54) is 38.5 Å². The van der Waals surface area contributed by atoms with Gasteiger partial charge in [-0.25, -0.2) is 0 Å². The second-order valence-electron chi connectivity index (χ2n) is 4.94. The van der Waals surface area contributed by atoms with Crippen LogP contribution in [0, 0.1) is 0 Å². The maximum Gasteiger partial charge on any atom is 0.220 e. The normalized spacial score (nSPS) is 12.4. The van der Waals surface area contributed by atoms with Crippen molar-refractivity contribution in [1.29, 1.82) is 0 Å². The Hall–Kier alpha value is -0.260. The SMILES string of the molecule is O=C(CCCCCCCCCCS)NCC(O)CO. The lowest BCUT2D eigenvalue weighted by Gasteiger charge is -2.08. The zero-order chi connectivity index (χ0) is 14.3. The molecule has 0 radical (unpaired) electrons. The van der Waals surface area contributed by atoms with Crippen LogP contribution in [0.4, 0.5) is 0 Å². The number of aliphatic hydroxyl groups excluding tert-OH is 2. The Morgan fingerprint density at radius 3 is 2.05 bits per heavy atom. The number of thiol groups is 1. The van der Waals surface area contributed by atoms with Gasteiger partial charge >= 0.3 is 0 Å². The van der Waals surface area contributed by atoms with Crippen molar-refractivity contribution < 1.29 is 15.0 Å². The summed E-state index contributed by atoms with van der Waals surface area (Å²) >= 11 is 4.18. The fraction of sp³-hybridized carbons (Fsp3) is 0.929. The van der Waals surface area contributed by atoms with Crippen molar-refractivity contribution in [2.45, 2.75) is 63.9 Å². The standard InChI is InChI=1S/C14H29NO3S/c16-12-13(17)11-15-14(18)9-7-5-3-1-2-4-6-8-10-19/h13,16-17,19H,1-12H2,(H,15,18). The van der Waals surface area contributed by atoms with Gasteiger partial charge in [-0.3, -0.25) is 4.79 Å². The van der Waals surface area contributed by atoms with Crippen molar-refractivity contribution in [3.63, 3.8) is 0 Å². The van der Waals surface area contributed by atoms with Crippen LogP contribution >= 0.6 is 12.6 Å². The highest BCUT2D eigenvalue weighted by Gasteiger charge is 2.05. The van der Waals surface area contributed by atoms with Crippen molar-refractivity contribution in [2.75, 3.05) is 18.9 Å². The number of unbranched alkanes of at least 4 members (excludes halogenated alkanes) is 7. The van der Waals surface area contributed by atoms with Gasteiger partial charge in [0.15, 0.2) is 0 Å². The maximum absolute atomic E-state index is 11.4. The first-order chi connectivity index (χ1) is 9.20. The number of carbonyl (C=O) groups excluding carboxylic acids is 1. The third-order valence-corrected chi connectivity index (χ3v) is 3.37. The van der Waals surface area contributed by atoms with Crippen molar-refractivity contribution in [1.82, 2.24) is 5.32 Å². The molecule has 4 nitrogen and oxygen atoms in total. The van der Waals surface area contributed by atoms with Crippen molar-refractivity contribution >= 4 is 18.5 Å². The fourth-order valence-corrected chi connectivity index (χ4v) is 2.07. The highest BCUT2D eigenvalue weighted by Crippen LogP contribution is 2.09. The molecule has 3 N–H and O–H groups in total. The maximum atomic E-state index is 11.4. The monoisotopic (exact) mass is 291 g/mol. The molecule has 0 saturated heterocycles. The number of hydrogen-bond acceptors (Lipinski definition) is 4. The Morgan fingerprint density at radius 1 is 1.00 bits per heavy atom. The zero-order valence-corrected chi connectivity index (χ0v) is 12.7. The molecule has 0 bridgehead atoms. The Balaban J connectivity index is 3.18. The van der Waals surface area contributed by atoms with Crippen molar-refractivity contribution in [3.05, 3.63) is 0 Å². The van der Waals surface area contributed by atoms with Gasteiger partial charge in [0, 0.05) is 13.0 Å². The predicted molar refractivity (Wildman–Crippen MR) is 81.5 cm³/mol. The molecule has 0 aliphatic carbocycles.